The number of nitrogens with zero attached hydrogens (tertiary/aromatic N) is 2. The molecule has 0 spiro atoms. The van der Waals surface area contributed by atoms with E-state index in [4.69, 9.17) is 25.6 Å². The monoisotopic (exact) mass is 424 g/mol. The van der Waals surface area contributed by atoms with Gasteiger partial charge in [-0.25, -0.2) is 0 Å². The van der Waals surface area contributed by atoms with Crippen LogP contribution in [0.3, 0.4) is 0 Å². The van der Waals surface area contributed by atoms with Crippen molar-refractivity contribution in [3.05, 3.63) is 56.4 Å². The van der Waals surface area contributed by atoms with Crippen LogP contribution >= 0.6 is 11.6 Å². The number of carbonyl (C=O) groups is 2. The number of hydrogen-bond donors (Lipinski definition) is 0. The van der Waals surface area contributed by atoms with Gasteiger partial charge in [0.1, 0.15) is 0 Å². The van der Waals surface area contributed by atoms with Crippen LogP contribution in [-0.4, -0.2) is 35.2 Å². The molecule has 1 atom stereocenters. The highest BCUT2D eigenvalue weighted by Crippen LogP contribution is 2.35. The van der Waals surface area contributed by atoms with Gasteiger partial charge in [-0.2, -0.15) is 0 Å². The van der Waals surface area contributed by atoms with Gasteiger partial charge in [0.15, 0.2) is 11.6 Å². The summed E-state index contributed by atoms with van der Waals surface area (Å²) in [5.74, 6) is -3.72. The minimum absolute atomic E-state index is 0.0195. The highest BCUT2D eigenvalue weighted by molar-refractivity contribution is 6.30. The maximum Gasteiger partial charge on any atom is 0.334 e. The lowest BCUT2D eigenvalue weighted by Gasteiger charge is -2.24. The van der Waals surface area contributed by atoms with E-state index in [1.165, 1.54) is 6.92 Å². The van der Waals surface area contributed by atoms with Crippen molar-refractivity contribution in [2.75, 3.05) is 13.2 Å². The van der Waals surface area contributed by atoms with Gasteiger partial charge in [-0.3, -0.25) is 19.7 Å². The van der Waals surface area contributed by atoms with Crippen molar-refractivity contribution in [1.29, 1.82) is 0 Å². The molecule has 29 heavy (non-hydrogen) atoms. The Morgan fingerprint density at radius 3 is 2.21 bits per heavy atom. The predicted molar refractivity (Wildman–Crippen MR) is 103 cm³/mol. The Labute approximate surface area is 172 Å². The first-order valence-electron chi connectivity index (χ1n) is 8.98. The fourth-order valence-corrected chi connectivity index (χ4v) is 3.14. The lowest BCUT2D eigenvalue weighted by molar-refractivity contribution is -0.386. The van der Waals surface area contributed by atoms with Crippen molar-refractivity contribution in [3.63, 3.8) is 0 Å². The zero-order chi connectivity index (χ0) is 21.6. The molecular formula is C19H21ClN2O7. The molecule has 0 bridgehead atoms. The third-order valence-electron chi connectivity index (χ3n) is 4.28. The van der Waals surface area contributed by atoms with Gasteiger partial charge in [0.05, 0.1) is 18.1 Å². The molecule has 0 saturated carbocycles. The molecule has 1 aromatic carbocycles. The van der Waals surface area contributed by atoms with Crippen LogP contribution in [0, 0.1) is 23.0 Å². The average Bonchev–Trinajstić information content (AvgIpc) is 3.03. The highest BCUT2D eigenvalue weighted by atomic mass is 35.5. The number of nitro groups is 1. The van der Waals surface area contributed by atoms with Gasteiger partial charge in [-0.05, 0) is 31.5 Å². The number of benzene rings is 1. The van der Waals surface area contributed by atoms with E-state index in [0.717, 1.165) is 0 Å². The lowest BCUT2D eigenvalue weighted by Crippen LogP contribution is -2.34. The Bertz CT molecular complexity index is 861. The number of carbonyl (C=O) groups excluding carboxylic acids is 2. The molecule has 2 aromatic rings. The summed E-state index contributed by atoms with van der Waals surface area (Å²) >= 11 is 5.95. The highest BCUT2D eigenvalue weighted by Gasteiger charge is 2.40. The van der Waals surface area contributed by atoms with Crippen molar-refractivity contribution in [2.45, 2.75) is 33.1 Å². The lowest BCUT2D eigenvalue weighted by atomic mass is 9.82. The van der Waals surface area contributed by atoms with Crippen molar-refractivity contribution in [1.82, 2.24) is 5.16 Å². The molecule has 2 rings (SSSR count). The SMILES string of the molecule is CCOC(=O)C(C(=O)OCC)C(Cc1noc(C)c1[N+](=O)[O-])c1ccc(Cl)cc1. The van der Waals surface area contributed by atoms with E-state index in [9.17, 15) is 19.7 Å². The van der Waals surface area contributed by atoms with Crippen LogP contribution in [0.2, 0.25) is 5.02 Å². The summed E-state index contributed by atoms with van der Waals surface area (Å²) in [6.45, 7) is 4.77. The molecule has 1 heterocycles. The molecule has 0 radical (unpaired) electrons. The first kappa shape index (κ1) is 22.4. The van der Waals surface area contributed by atoms with Crippen molar-refractivity contribution < 1.29 is 28.5 Å². The molecule has 9 nitrogen and oxygen atoms in total. The Kier molecular flexibility index (Phi) is 7.72. The zero-order valence-electron chi connectivity index (χ0n) is 16.2. The minimum atomic E-state index is -1.34. The smallest absolute Gasteiger partial charge is 0.334 e. The van der Waals surface area contributed by atoms with Crippen LogP contribution in [0.4, 0.5) is 5.69 Å². The molecule has 0 amide bonds. The average molecular weight is 425 g/mol. The number of ether oxygens (including phenoxy) is 2. The second-order valence-electron chi connectivity index (χ2n) is 6.14. The topological polar surface area (TPSA) is 122 Å². The summed E-state index contributed by atoms with van der Waals surface area (Å²) in [6, 6.07) is 6.47. The second-order valence-corrected chi connectivity index (χ2v) is 6.57. The van der Waals surface area contributed by atoms with Crippen LogP contribution in [-0.2, 0) is 25.5 Å². The minimum Gasteiger partial charge on any atom is -0.465 e. The van der Waals surface area contributed by atoms with Gasteiger partial charge >= 0.3 is 17.6 Å². The summed E-state index contributed by atoms with van der Waals surface area (Å²) in [6.07, 6.45) is -0.114. The van der Waals surface area contributed by atoms with E-state index in [1.54, 1.807) is 38.1 Å². The van der Waals surface area contributed by atoms with Gasteiger partial charge in [0, 0.05) is 24.3 Å². The standard InChI is InChI=1S/C19H21ClN2O7/c1-4-27-18(23)16(19(24)28-5-2)14(12-6-8-13(20)9-7-12)10-15-17(22(25)26)11(3)29-21-15/h6-9,14,16H,4-5,10H2,1-3H3. The van der Waals surface area contributed by atoms with E-state index in [2.05, 4.69) is 5.16 Å². The maximum atomic E-state index is 12.6. The van der Waals surface area contributed by atoms with Crippen LogP contribution in [0.15, 0.2) is 28.8 Å². The Morgan fingerprint density at radius 2 is 1.72 bits per heavy atom. The summed E-state index contributed by atoms with van der Waals surface area (Å²) in [5.41, 5.74) is 0.275. The van der Waals surface area contributed by atoms with Crippen LogP contribution in [0.5, 0.6) is 0 Å². The van der Waals surface area contributed by atoms with Crippen molar-refractivity contribution >= 4 is 29.2 Å². The van der Waals surface area contributed by atoms with Crippen molar-refractivity contribution in [3.8, 4) is 0 Å². The molecule has 0 saturated heterocycles. The van der Waals surface area contributed by atoms with Gasteiger partial charge in [-0.1, -0.05) is 28.9 Å². The summed E-state index contributed by atoms with van der Waals surface area (Å²) in [5, 5.41) is 15.6. The maximum absolute atomic E-state index is 12.6. The van der Waals surface area contributed by atoms with E-state index in [1.807, 2.05) is 0 Å². The van der Waals surface area contributed by atoms with Crippen LogP contribution in [0.25, 0.3) is 0 Å². The number of rotatable bonds is 9. The van der Waals surface area contributed by atoms with E-state index in [0.29, 0.717) is 10.6 Å². The van der Waals surface area contributed by atoms with Crippen molar-refractivity contribution in [2.24, 2.45) is 5.92 Å². The molecular weight excluding hydrogens is 404 g/mol. The number of aromatic nitrogens is 1. The molecule has 1 unspecified atom stereocenters. The third kappa shape index (κ3) is 5.32. The van der Waals surface area contributed by atoms with E-state index >= 15 is 0 Å². The number of esters is 2. The third-order valence-corrected chi connectivity index (χ3v) is 4.53. The van der Waals surface area contributed by atoms with E-state index in [-0.39, 0.29) is 36.8 Å². The number of hydrogen-bond acceptors (Lipinski definition) is 8. The molecule has 0 aliphatic carbocycles. The normalized spacial score (nSPS) is 11.9. The summed E-state index contributed by atoms with van der Waals surface area (Å²) in [4.78, 5) is 36.1. The molecule has 0 aliphatic rings. The first-order valence-corrected chi connectivity index (χ1v) is 9.36. The fourth-order valence-electron chi connectivity index (χ4n) is 3.02. The second kappa shape index (κ2) is 10.0. The Morgan fingerprint density at radius 1 is 1.17 bits per heavy atom. The molecule has 0 N–H and O–H groups in total. The Balaban J connectivity index is 2.55. The fraction of sp³-hybridized carbons (Fsp3) is 0.421. The largest absolute Gasteiger partial charge is 0.465 e. The van der Waals surface area contributed by atoms with Crippen LogP contribution < -0.4 is 0 Å². The predicted octanol–water partition coefficient (Wildman–Crippen LogP) is 3.61. The van der Waals surface area contributed by atoms with Gasteiger partial charge in [-0.15, -0.1) is 0 Å². The molecule has 0 fully saturated rings. The quantitative estimate of drug-likeness (QED) is 0.259. The van der Waals surface area contributed by atoms with E-state index < -0.39 is 28.7 Å². The molecule has 0 aliphatic heterocycles. The van der Waals surface area contributed by atoms with Gasteiger partial charge < -0.3 is 14.0 Å². The van der Waals surface area contributed by atoms with Gasteiger partial charge in [0.25, 0.3) is 0 Å². The Hall–Kier alpha value is -2.94. The first-order chi connectivity index (χ1) is 13.8. The number of halogens is 1. The summed E-state index contributed by atoms with van der Waals surface area (Å²) < 4.78 is 15.1. The number of aryl methyl sites for hydroxylation is 1. The summed E-state index contributed by atoms with van der Waals surface area (Å²) in [7, 11) is 0. The molecule has 1 aromatic heterocycles. The van der Waals surface area contributed by atoms with Crippen LogP contribution in [0.1, 0.15) is 36.8 Å². The molecule has 156 valence electrons. The zero-order valence-corrected chi connectivity index (χ0v) is 17.0. The van der Waals surface area contributed by atoms with Gasteiger partial charge in [0.2, 0.25) is 5.76 Å². The molecule has 10 heteroatoms.